The third kappa shape index (κ3) is 3.88. The van der Waals surface area contributed by atoms with Crippen LogP contribution in [0.1, 0.15) is 32.0 Å². The number of halogens is 1. The molecule has 2 fully saturated rings. The Morgan fingerprint density at radius 3 is 2.69 bits per heavy atom. The summed E-state index contributed by atoms with van der Waals surface area (Å²) >= 11 is 5.61. The Hall–Kier alpha value is -1.33. The molecule has 162 valence electrons. The van der Waals surface area contributed by atoms with E-state index in [-0.39, 0.29) is 43.1 Å². The van der Waals surface area contributed by atoms with Gasteiger partial charge in [-0.3, -0.25) is 19.0 Å². The van der Waals surface area contributed by atoms with Crippen molar-refractivity contribution in [3.63, 3.8) is 0 Å². The second kappa shape index (κ2) is 8.43. The predicted octanol–water partition coefficient (Wildman–Crippen LogP) is 1.55. The number of hydrogen-bond donors (Lipinski definition) is 4. The Bertz CT molecular complexity index is 840. The van der Waals surface area contributed by atoms with Gasteiger partial charge >= 0.3 is 7.82 Å². The van der Waals surface area contributed by atoms with Crippen LogP contribution in [0.4, 0.5) is 5.82 Å². The molecule has 5 N–H and O–H groups in total. The quantitative estimate of drug-likeness (QED) is 0.237. The van der Waals surface area contributed by atoms with Gasteiger partial charge in [-0.15, -0.1) is 0 Å². The van der Waals surface area contributed by atoms with Crippen molar-refractivity contribution in [3.8, 4) is 0 Å². The summed E-state index contributed by atoms with van der Waals surface area (Å²) in [5, 5.41) is 29.1. The van der Waals surface area contributed by atoms with E-state index < -0.39 is 31.5 Å². The average molecular weight is 450 g/mol. The molecule has 1 aromatic heterocycles. The second-order valence-corrected chi connectivity index (χ2v) is 8.85. The Kier molecular flexibility index (Phi) is 6.50. The molecule has 11 nitrogen and oxygen atoms in total. The highest BCUT2D eigenvalue weighted by molar-refractivity contribution is 7.48. The molecule has 0 unspecified atom stereocenters. The van der Waals surface area contributed by atoms with Crippen LogP contribution in [-0.2, 0) is 18.1 Å². The average Bonchev–Trinajstić information content (AvgIpc) is 3.17. The highest BCUT2D eigenvalue weighted by Gasteiger charge is 2.72. The number of rotatable bonds is 10. The molecule has 2 aliphatic rings. The van der Waals surface area contributed by atoms with E-state index in [4.69, 9.17) is 36.3 Å². The fraction of sp³-hybridized carbons (Fsp3) is 0.688. The SMILES string of the molecule is CCOP(=O)(OCC)OC[C@]12C[C@@H]1[C@@H](n1cnc(C(=N)N)c1N=CCl)[C@H](O)[C@@H]2O. The number of hydrogen-bond acceptors (Lipinski definition) is 9. The van der Waals surface area contributed by atoms with Crippen molar-refractivity contribution in [2.45, 2.75) is 38.5 Å². The van der Waals surface area contributed by atoms with Gasteiger partial charge in [0.25, 0.3) is 0 Å². The maximum Gasteiger partial charge on any atom is 0.474 e. The van der Waals surface area contributed by atoms with Crippen LogP contribution in [0.15, 0.2) is 11.3 Å². The van der Waals surface area contributed by atoms with Crippen LogP contribution < -0.4 is 5.73 Å². The number of aliphatic hydroxyl groups is 2. The molecule has 0 amide bonds. The first-order chi connectivity index (χ1) is 13.7. The molecule has 0 bridgehead atoms. The van der Waals surface area contributed by atoms with Gasteiger partial charge in [0.15, 0.2) is 5.82 Å². The molecule has 0 aromatic carbocycles. The number of amidine groups is 1. The van der Waals surface area contributed by atoms with Crippen molar-refractivity contribution in [2.24, 2.45) is 22.1 Å². The first kappa shape index (κ1) is 22.4. The van der Waals surface area contributed by atoms with Crippen LogP contribution in [0.5, 0.6) is 0 Å². The van der Waals surface area contributed by atoms with Crippen LogP contribution >= 0.6 is 19.4 Å². The van der Waals surface area contributed by atoms with E-state index in [1.807, 2.05) is 0 Å². The largest absolute Gasteiger partial charge is 0.474 e. The fourth-order valence-electron chi connectivity index (χ4n) is 4.09. The van der Waals surface area contributed by atoms with Crippen molar-refractivity contribution in [2.75, 3.05) is 19.8 Å². The number of nitrogens with zero attached hydrogens (tertiary/aromatic N) is 3. The van der Waals surface area contributed by atoms with Crippen molar-refractivity contribution >= 4 is 36.8 Å². The van der Waals surface area contributed by atoms with Gasteiger partial charge in [-0.25, -0.2) is 14.5 Å². The van der Waals surface area contributed by atoms with Gasteiger partial charge in [-0.2, -0.15) is 0 Å². The molecule has 13 heteroatoms. The number of nitrogen functional groups attached to an aromatic ring is 1. The minimum atomic E-state index is -3.75. The smallest absolute Gasteiger partial charge is 0.390 e. The molecule has 0 spiro atoms. The fourth-order valence-corrected chi connectivity index (χ4v) is 5.44. The number of imidazole rings is 1. The lowest BCUT2D eigenvalue weighted by Gasteiger charge is -2.25. The van der Waals surface area contributed by atoms with Crippen LogP contribution in [0, 0.1) is 16.7 Å². The van der Waals surface area contributed by atoms with Gasteiger partial charge in [0.1, 0.15) is 17.6 Å². The zero-order valence-corrected chi connectivity index (χ0v) is 17.7. The number of phosphoric acid groups is 1. The van der Waals surface area contributed by atoms with Gasteiger partial charge < -0.3 is 20.5 Å². The second-order valence-electron chi connectivity index (χ2n) is 6.99. The van der Waals surface area contributed by atoms with Crippen molar-refractivity contribution in [1.82, 2.24) is 9.55 Å². The van der Waals surface area contributed by atoms with E-state index in [0.717, 1.165) is 5.67 Å². The van der Waals surface area contributed by atoms with Gasteiger partial charge in [-0.1, -0.05) is 11.6 Å². The summed E-state index contributed by atoms with van der Waals surface area (Å²) in [5.74, 6) is -0.294. The minimum absolute atomic E-state index is 0.105. The summed E-state index contributed by atoms with van der Waals surface area (Å²) in [7, 11) is -3.75. The maximum atomic E-state index is 12.6. The summed E-state index contributed by atoms with van der Waals surface area (Å²) in [6.07, 6.45) is -0.373. The lowest BCUT2D eigenvalue weighted by molar-refractivity contribution is -0.0317. The zero-order valence-electron chi connectivity index (χ0n) is 16.1. The summed E-state index contributed by atoms with van der Waals surface area (Å²) < 4.78 is 29.9. The van der Waals surface area contributed by atoms with E-state index in [2.05, 4.69) is 9.98 Å². The molecule has 1 heterocycles. The number of aliphatic imine (C=N–C) groups is 1. The Balaban J connectivity index is 1.85. The summed E-state index contributed by atoms with van der Waals surface area (Å²) in [5.41, 5.74) is 5.87. The Labute approximate surface area is 173 Å². The maximum absolute atomic E-state index is 12.6. The van der Waals surface area contributed by atoms with Crippen molar-refractivity contribution < 1.29 is 28.3 Å². The van der Waals surface area contributed by atoms with Crippen LogP contribution in [0.2, 0.25) is 0 Å². The molecule has 0 saturated heterocycles. The predicted molar refractivity (Wildman–Crippen MR) is 106 cm³/mol. The monoisotopic (exact) mass is 449 g/mol. The molecule has 1 aromatic rings. The van der Waals surface area contributed by atoms with E-state index in [1.54, 1.807) is 18.4 Å². The normalized spacial score (nSPS) is 31.3. The van der Waals surface area contributed by atoms with Gasteiger partial charge in [0.05, 0.1) is 44.0 Å². The lowest BCUT2D eigenvalue weighted by Crippen LogP contribution is -2.35. The first-order valence-electron chi connectivity index (χ1n) is 9.18. The third-order valence-electron chi connectivity index (χ3n) is 5.43. The number of aliphatic hydroxyl groups excluding tert-OH is 2. The third-order valence-corrected chi connectivity index (χ3v) is 7.13. The molecule has 3 rings (SSSR count). The van der Waals surface area contributed by atoms with Crippen LogP contribution in [0.3, 0.4) is 0 Å². The van der Waals surface area contributed by atoms with Gasteiger partial charge in [-0.05, 0) is 26.2 Å². The summed E-state index contributed by atoms with van der Waals surface area (Å²) in [6, 6.07) is -0.594. The highest BCUT2D eigenvalue weighted by atomic mass is 35.5. The number of phosphoric ester groups is 1. The van der Waals surface area contributed by atoms with Crippen LogP contribution in [-0.4, -0.2) is 63.3 Å². The zero-order chi connectivity index (χ0) is 21.4. The standard InChI is InChI=1S/C16H25ClN5O6P/c1-3-26-29(25,27-4-2)28-6-16-5-9(16)11(12(23)13(16)24)22-8-21-10(14(18)19)15(22)20-7-17/h7-9,11-13,23-24H,3-6H2,1-2H3,(H3,18,19)/t9-,11-,12+,13+,16-/m1/s1. The van der Waals surface area contributed by atoms with Crippen LogP contribution in [0.25, 0.3) is 0 Å². The van der Waals surface area contributed by atoms with Gasteiger partial charge in [0.2, 0.25) is 0 Å². The molecule has 2 aliphatic carbocycles. The molecule has 2 saturated carbocycles. The molecule has 0 aliphatic heterocycles. The first-order valence-corrected chi connectivity index (χ1v) is 11.1. The highest BCUT2D eigenvalue weighted by Crippen LogP contribution is 2.69. The number of aromatic nitrogens is 2. The molecule has 5 atom stereocenters. The summed E-state index contributed by atoms with van der Waals surface area (Å²) in [4.78, 5) is 8.09. The van der Waals surface area contributed by atoms with E-state index in [9.17, 15) is 14.8 Å². The molecule has 0 radical (unpaired) electrons. The minimum Gasteiger partial charge on any atom is -0.390 e. The Morgan fingerprint density at radius 1 is 1.48 bits per heavy atom. The molecular formula is C16H25ClN5O6P. The lowest BCUT2D eigenvalue weighted by atomic mass is 10.0. The topological polar surface area (TPSA) is 165 Å². The van der Waals surface area contributed by atoms with Crippen molar-refractivity contribution in [3.05, 3.63) is 12.0 Å². The number of fused-ring (bicyclic) bond motifs is 1. The number of nitrogens with two attached hydrogens (primary N) is 1. The molecular weight excluding hydrogens is 425 g/mol. The molecule has 29 heavy (non-hydrogen) atoms. The van der Waals surface area contributed by atoms with E-state index in [0.29, 0.717) is 6.42 Å². The van der Waals surface area contributed by atoms with E-state index >= 15 is 0 Å². The van der Waals surface area contributed by atoms with Gasteiger partial charge in [0, 0.05) is 5.41 Å². The Morgan fingerprint density at radius 2 is 2.14 bits per heavy atom. The van der Waals surface area contributed by atoms with Crippen molar-refractivity contribution in [1.29, 1.82) is 5.41 Å². The number of nitrogens with one attached hydrogen (secondary N) is 1. The van der Waals surface area contributed by atoms with E-state index in [1.165, 1.54) is 6.33 Å². The summed E-state index contributed by atoms with van der Waals surface area (Å²) in [6.45, 7) is 3.52.